The third kappa shape index (κ3) is 4.74. The van der Waals surface area contributed by atoms with Crippen LogP contribution in [0.25, 0.3) is 0 Å². The molecule has 2 heteroatoms. The smallest absolute Gasteiger partial charge is 0.119 e. The highest BCUT2D eigenvalue weighted by atomic mass is 16.5. The minimum Gasteiger partial charge on any atom is -0.491 e. The molecule has 0 bridgehead atoms. The van der Waals surface area contributed by atoms with E-state index in [0.717, 1.165) is 5.75 Å². The molecule has 0 amide bonds. The zero-order valence-electron chi connectivity index (χ0n) is 7.66. The van der Waals surface area contributed by atoms with Crippen molar-refractivity contribution in [3.8, 4) is 5.75 Å². The van der Waals surface area contributed by atoms with Crippen molar-refractivity contribution >= 4 is 0 Å². The molecule has 0 heterocycles. The average molecular weight is 168 g/mol. The zero-order chi connectivity index (χ0) is 9.23. The lowest BCUT2D eigenvalue weighted by atomic mass is 10.3. The first-order chi connectivity index (χ1) is 5.93. The molecule has 2 nitrogen and oxygen atoms in total. The maximum absolute atomic E-state index is 8.40. The van der Waals surface area contributed by atoms with Gasteiger partial charge in [-0.05, 0) is 12.1 Å². The maximum atomic E-state index is 8.40. The summed E-state index contributed by atoms with van der Waals surface area (Å²) in [5.41, 5.74) is 0. The number of hydrogen-bond donors (Lipinski definition) is 1. The number of benzene rings is 1. The highest BCUT2D eigenvalue weighted by Gasteiger charge is 1.86. The molecule has 0 saturated carbocycles. The van der Waals surface area contributed by atoms with E-state index in [1.807, 2.05) is 44.2 Å². The molecular formula is C10H16O2. The highest BCUT2D eigenvalue weighted by molar-refractivity contribution is 5.20. The summed E-state index contributed by atoms with van der Waals surface area (Å²) in [5.74, 6) is 0.802. The quantitative estimate of drug-likeness (QED) is 0.748. The first-order valence-corrected chi connectivity index (χ1v) is 4.22. The van der Waals surface area contributed by atoms with E-state index in [-0.39, 0.29) is 6.61 Å². The first kappa shape index (κ1) is 11.0. The van der Waals surface area contributed by atoms with Crippen molar-refractivity contribution in [1.29, 1.82) is 0 Å². The van der Waals surface area contributed by atoms with Crippen LogP contribution < -0.4 is 4.74 Å². The van der Waals surface area contributed by atoms with Gasteiger partial charge < -0.3 is 9.84 Å². The van der Waals surface area contributed by atoms with Crippen LogP contribution in [-0.4, -0.2) is 18.3 Å². The fourth-order valence-electron chi connectivity index (χ4n) is 0.680. The van der Waals surface area contributed by atoms with Crippen molar-refractivity contribution in [3.05, 3.63) is 30.3 Å². The lowest BCUT2D eigenvalue weighted by molar-refractivity contribution is 0.201. The van der Waals surface area contributed by atoms with E-state index in [0.29, 0.717) is 6.61 Å². The fraction of sp³-hybridized carbons (Fsp3) is 0.400. The summed E-state index contributed by atoms with van der Waals surface area (Å²) in [5, 5.41) is 8.40. The summed E-state index contributed by atoms with van der Waals surface area (Å²) in [6.07, 6.45) is 0. The Balaban J connectivity index is 0.000000561. The van der Waals surface area contributed by atoms with Crippen LogP contribution in [0.15, 0.2) is 30.3 Å². The zero-order valence-corrected chi connectivity index (χ0v) is 7.66. The Morgan fingerprint density at radius 3 is 2.25 bits per heavy atom. The lowest BCUT2D eigenvalue weighted by Crippen LogP contribution is -2.00. The SMILES string of the molecule is CC.OCCOc1ccccc1. The summed E-state index contributed by atoms with van der Waals surface area (Å²) in [4.78, 5) is 0. The van der Waals surface area contributed by atoms with Crippen LogP contribution in [-0.2, 0) is 0 Å². The van der Waals surface area contributed by atoms with Crippen LogP contribution in [0.2, 0.25) is 0 Å². The summed E-state index contributed by atoms with van der Waals surface area (Å²) >= 11 is 0. The topological polar surface area (TPSA) is 29.5 Å². The van der Waals surface area contributed by atoms with Gasteiger partial charge in [0.2, 0.25) is 0 Å². The fourth-order valence-corrected chi connectivity index (χ4v) is 0.680. The van der Waals surface area contributed by atoms with Gasteiger partial charge in [0, 0.05) is 0 Å². The van der Waals surface area contributed by atoms with Crippen LogP contribution in [0.5, 0.6) is 5.75 Å². The molecule has 0 aliphatic carbocycles. The number of rotatable bonds is 3. The van der Waals surface area contributed by atoms with E-state index in [1.54, 1.807) is 0 Å². The second-order valence-corrected chi connectivity index (χ2v) is 1.89. The Morgan fingerprint density at radius 2 is 1.75 bits per heavy atom. The lowest BCUT2D eigenvalue weighted by Gasteiger charge is -2.01. The monoisotopic (exact) mass is 168 g/mol. The molecule has 1 aromatic carbocycles. The standard InChI is InChI=1S/C8H10O2.C2H6/c9-6-7-10-8-4-2-1-3-5-8;1-2/h1-5,9H,6-7H2;1-2H3. The summed E-state index contributed by atoms with van der Waals surface area (Å²) in [7, 11) is 0. The van der Waals surface area contributed by atoms with Gasteiger partial charge >= 0.3 is 0 Å². The molecule has 0 unspecified atom stereocenters. The van der Waals surface area contributed by atoms with E-state index >= 15 is 0 Å². The van der Waals surface area contributed by atoms with Gasteiger partial charge in [-0.1, -0.05) is 32.0 Å². The van der Waals surface area contributed by atoms with Gasteiger partial charge in [0.25, 0.3) is 0 Å². The van der Waals surface area contributed by atoms with Gasteiger partial charge in [-0.25, -0.2) is 0 Å². The van der Waals surface area contributed by atoms with Crippen LogP contribution in [0.4, 0.5) is 0 Å². The van der Waals surface area contributed by atoms with Crippen molar-refractivity contribution in [2.24, 2.45) is 0 Å². The predicted octanol–water partition coefficient (Wildman–Crippen LogP) is 2.08. The summed E-state index contributed by atoms with van der Waals surface area (Å²) in [6, 6.07) is 9.43. The van der Waals surface area contributed by atoms with Crippen molar-refractivity contribution in [2.75, 3.05) is 13.2 Å². The normalized spacial score (nSPS) is 8.25. The van der Waals surface area contributed by atoms with E-state index < -0.39 is 0 Å². The van der Waals surface area contributed by atoms with Gasteiger partial charge in [-0.3, -0.25) is 0 Å². The second-order valence-electron chi connectivity index (χ2n) is 1.89. The first-order valence-electron chi connectivity index (χ1n) is 4.22. The summed E-state index contributed by atoms with van der Waals surface area (Å²) in [6.45, 7) is 4.43. The van der Waals surface area contributed by atoms with Crippen molar-refractivity contribution in [3.63, 3.8) is 0 Å². The Hall–Kier alpha value is -1.02. The third-order valence-electron chi connectivity index (χ3n) is 1.10. The van der Waals surface area contributed by atoms with Gasteiger partial charge in [-0.2, -0.15) is 0 Å². The number of ether oxygens (including phenoxy) is 1. The molecule has 1 N–H and O–H groups in total. The van der Waals surface area contributed by atoms with E-state index in [9.17, 15) is 0 Å². The predicted molar refractivity (Wildman–Crippen MR) is 50.4 cm³/mol. The Bertz CT molecular complexity index is 172. The molecule has 0 aliphatic heterocycles. The molecule has 68 valence electrons. The van der Waals surface area contributed by atoms with Gasteiger partial charge in [-0.15, -0.1) is 0 Å². The van der Waals surface area contributed by atoms with Crippen LogP contribution in [0.1, 0.15) is 13.8 Å². The number of aliphatic hydroxyl groups is 1. The van der Waals surface area contributed by atoms with Crippen molar-refractivity contribution in [2.45, 2.75) is 13.8 Å². The van der Waals surface area contributed by atoms with Crippen LogP contribution >= 0.6 is 0 Å². The molecule has 0 radical (unpaired) electrons. The highest BCUT2D eigenvalue weighted by Crippen LogP contribution is 2.06. The molecule has 1 rings (SSSR count). The number of hydrogen-bond acceptors (Lipinski definition) is 2. The van der Waals surface area contributed by atoms with Gasteiger partial charge in [0.1, 0.15) is 12.4 Å². The minimum absolute atomic E-state index is 0.0644. The van der Waals surface area contributed by atoms with E-state index in [2.05, 4.69) is 0 Å². The van der Waals surface area contributed by atoms with Gasteiger partial charge in [0.05, 0.1) is 6.61 Å². The van der Waals surface area contributed by atoms with Gasteiger partial charge in [0.15, 0.2) is 0 Å². The van der Waals surface area contributed by atoms with E-state index in [1.165, 1.54) is 0 Å². The number of para-hydroxylation sites is 1. The number of aliphatic hydroxyl groups excluding tert-OH is 1. The minimum atomic E-state index is 0.0644. The van der Waals surface area contributed by atoms with Crippen LogP contribution in [0.3, 0.4) is 0 Å². The molecule has 0 aliphatic rings. The molecule has 12 heavy (non-hydrogen) atoms. The second kappa shape index (κ2) is 8.08. The molecule has 0 aromatic heterocycles. The van der Waals surface area contributed by atoms with Crippen molar-refractivity contribution < 1.29 is 9.84 Å². The summed E-state index contributed by atoms with van der Waals surface area (Å²) < 4.78 is 5.11. The largest absolute Gasteiger partial charge is 0.491 e. The Morgan fingerprint density at radius 1 is 1.17 bits per heavy atom. The van der Waals surface area contributed by atoms with Crippen LogP contribution in [0, 0.1) is 0 Å². The average Bonchev–Trinajstić information content (AvgIpc) is 2.19. The molecule has 1 aromatic rings. The molecule has 0 spiro atoms. The molecule has 0 saturated heterocycles. The molecular weight excluding hydrogens is 152 g/mol. The molecule has 0 fully saturated rings. The molecule has 0 atom stereocenters. The Labute approximate surface area is 73.8 Å². The third-order valence-corrected chi connectivity index (χ3v) is 1.10. The van der Waals surface area contributed by atoms with E-state index in [4.69, 9.17) is 9.84 Å². The maximum Gasteiger partial charge on any atom is 0.119 e. The van der Waals surface area contributed by atoms with Crippen molar-refractivity contribution in [1.82, 2.24) is 0 Å². The Kier molecular flexibility index (Phi) is 7.39.